The van der Waals surface area contributed by atoms with Gasteiger partial charge in [0.05, 0.1) is 6.04 Å². The van der Waals surface area contributed by atoms with E-state index in [-0.39, 0.29) is 36.8 Å². The number of carbonyl (C=O) groups excluding carboxylic acids is 3. The molecule has 7 N–H and O–H groups in total. The number of aliphatic hydroxyl groups excluding tert-OH is 1. The molecule has 1 aliphatic heterocycles. The van der Waals surface area contributed by atoms with Gasteiger partial charge in [-0.15, -0.1) is 0 Å². The fourth-order valence-electron chi connectivity index (χ4n) is 5.68. The Balaban J connectivity index is 2.11. The molecule has 2 aromatic carbocycles. The number of hydrogen-bond acceptors (Lipinski definition) is 8. The van der Waals surface area contributed by atoms with Gasteiger partial charge in [-0.2, -0.15) is 0 Å². The van der Waals surface area contributed by atoms with Crippen LogP contribution in [-0.2, 0) is 27.2 Å². The zero-order chi connectivity index (χ0) is 32.9. The van der Waals surface area contributed by atoms with Crippen LogP contribution in [0.15, 0.2) is 36.4 Å². The first-order valence-corrected chi connectivity index (χ1v) is 15.7. The van der Waals surface area contributed by atoms with Crippen molar-refractivity contribution in [3.8, 4) is 16.9 Å². The van der Waals surface area contributed by atoms with E-state index in [9.17, 15) is 24.6 Å². The summed E-state index contributed by atoms with van der Waals surface area (Å²) in [5.41, 5.74) is 2.13. The first kappa shape index (κ1) is 35.9. The van der Waals surface area contributed by atoms with Gasteiger partial charge in [0.2, 0.25) is 17.7 Å². The highest BCUT2D eigenvalue weighted by atomic mass is 19.1. The molecule has 4 bridgehead atoms. The van der Waals surface area contributed by atoms with Crippen molar-refractivity contribution < 1.29 is 29.0 Å². The third kappa shape index (κ3) is 9.95. The zero-order valence-electron chi connectivity index (χ0n) is 26.8. The lowest BCUT2D eigenvalue weighted by Crippen LogP contribution is -2.58. The zero-order valence-corrected chi connectivity index (χ0v) is 26.8. The monoisotopic (exact) mass is 628 g/mol. The number of nitrogens with one attached hydrogen (secondary N) is 5. The Morgan fingerprint density at radius 1 is 1.00 bits per heavy atom. The second-order valence-corrected chi connectivity index (χ2v) is 11.6. The minimum absolute atomic E-state index is 0.0173. The minimum atomic E-state index is -1.10. The standard InChI is InChI=1S/C33H49FN6O5/c1-35-14-5-7-25(13-16-41)38-32(44)29-20-23-17-21(9-11-26(23)34)22-10-12-30(42)24(18-22)19-28(37-3)31(43)39-27(8-6-15-36-2)33(45)40(29)4/h9-12,17-18,25,27-29,35-37,41-42H,5-8,13-16,19-20H2,1-4H3,(H,38,44)(H,39,43)/t25-,27-,28-,29-/m0/s1. The molecule has 0 radical (unpaired) electrons. The van der Waals surface area contributed by atoms with Crippen LogP contribution in [0.1, 0.15) is 43.2 Å². The van der Waals surface area contributed by atoms with Gasteiger partial charge in [-0.25, -0.2) is 4.39 Å². The third-order valence-electron chi connectivity index (χ3n) is 8.42. The Bertz CT molecular complexity index is 1290. The largest absolute Gasteiger partial charge is 0.508 e. The van der Waals surface area contributed by atoms with Crippen LogP contribution in [0.25, 0.3) is 11.1 Å². The molecule has 0 aromatic heterocycles. The van der Waals surface area contributed by atoms with Crippen LogP contribution in [0.2, 0.25) is 0 Å². The number of phenolic OH excluding ortho intramolecular Hbond substituents is 1. The number of nitrogens with zero attached hydrogens (tertiary/aromatic N) is 1. The molecule has 4 atom stereocenters. The number of carbonyl (C=O) groups is 3. The smallest absolute Gasteiger partial charge is 0.245 e. The van der Waals surface area contributed by atoms with E-state index < -0.39 is 41.7 Å². The molecular formula is C33H49FN6O5. The molecule has 0 fully saturated rings. The lowest BCUT2D eigenvalue weighted by Gasteiger charge is -2.33. The second-order valence-electron chi connectivity index (χ2n) is 11.6. The first-order chi connectivity index (χ1) is 21.6. The van der Waals surface area contributed by atoms with Gasteiger partial charge in [0.25, 0.3) is 0 Å². The number of amides is 3. The fourth-order valence-corrected chi connectivity index (χ4v) is 5.68. The van der Waals surface area contributed by atoms with Crippen molar-refractivity contribution in [3.05, 3.63) is 53.3 Å². The van der Waals surface area contributed by atoms with Gasteiger partial charge in [0.15, 0.2) is 0 Å². The number of fused-ring (bicyclic) bond motifs is 5. The number of hydrogen-bond donors (Lipinski definition) is 7. The minimum Gasteiger partial charge on any atom is -0.508 e. The van der Waals surface area contributed by atoms with Crippen molar-refractivity contribution in [2.45, 2.75) is 69.1 Å². The Morgan fingerprint density at radius 3 is 2.33 bits per heavy atom. The van der Waals surface area contributed by atoms with Crippen LogP contribution in [0.3, 0.4) is 0 Å². The summed E-state index contributed by atoms with van der Waals surface area (Å²) in [6, 6.07) is 6.47. The van der Waals surface area contributed by atoms with E-state index in [2.05, 4.69) is 26.6 Å². The SMILES string of the molecule is CNCCC[C@@H](CCO)NC(=O)[C@@H]1Cc2cc(ccc2F)-c2ccc(O)c(c2)C[C@H](NC)C(=O)N[C@@H](CCCNC)C(=O)N1C. The van der Waals surface area contributed by atoms with Gasteiger partial charge in [-0.1, -0.05) is 12.1 Å². The lowest BCUT2D eigenvalue weighted by atomic mass is 9.95. The number of halogens is 1. The Labute approximate surface area is 265 Å². The quantitative estimate of drug-likeness (QED) is 0.163. The summed E-state index contributed by atoms with van der Waals surface area (Å²) in [4.78, 5) is 42.8. The number of benzene rings is 2. The van der Waals surface area contributed by atoms with Crippen molar-refractivity contribution >= 4 is 17.7 Å². The van der Waals surface area contributed by atoms with Gasteiger partial charge in [-0.3, -0.25) is 14.4 Å². The fraction of sp³-hybridized carbons (Fsp3) is 0.545. The van der Waals surface area contributed by atoms with Crippen LogP contribution in [-0.4, -0.2) is 105 Å². The lowest BCUT2D eigenvalue weighted by molar-refractivity contribution is -0.142. The van der Waals surface area contributed by atoms with Gasteiger partial charge in [-0.05, 0) is 113 Å². The van der Waals surface area contributed by atoms with Crippen molar-refractivity contribution in [2.24, 2.45) is 0 Å². The van der Waals surface area contributed by atoms with E-state index in [0.29, 0.717) is 48.9 Å². The summed E-state index contributed by atoms with van der Waals surface area (Å²) in [6.45, 7) is 1.22. The van der Waals surface area contributed by atoms with Crippen LogP contribution in [0, 0.1) is 5.82 Å². The summed E-state index contributed by atoms with van der Waals surface area (Å²) in [6.07, 6.45) is 2.62. The highest BCUT2D eigenvalue weighted by molar-refractivity contribution is 5.93. The first-order valence-electron chi connectivity index (χ1n) is 15.7. The Kier molecular flexibility index (Phi) is 14.2. The third-order valence-corrected chi connectivity index (χ3v) is 8.42. The van der Waals surface area contributed by atoms with Crippen LogP contribution in [0.5, 0.6) is 5.75 Å². The second kappa shape index (κ2) is 17.8. The number of aromatic hydroxyl groups is 1. The molecule has 2 aromatic rings. The van der Waals surface area contributed by atoms with E-state index in [1.54, 1.807) is 44.4 Å². The molecule has 0 aliphatic carbocycles. The molecule has 3 amide bonds. The summed E-state index contributed by atoms with van der Waals surface area (Å²) in [5, 5.41) is 35.3. The maximum absolute atomic E-state index is 15.4. The molecule has 11 nitrogen and oxygen atoms in total. The maximum atomic E-state index is 15.4. The van der Waals surface area contributed by atoms with Gasteiger partial charge >= 0.3 is 0 Å². The topological polar surface area (TPSA) is 155 Å². The molecule has 0 saturated carbocycles. The van der Waals surface area contributed by atoms with Crippen LogP contribution in [0.4, 0.5) is 4.39 Å². The van der Waals surface area contributed by atoms with Crippen molar-refractivity contribution in [1.29, 1.82) is 0 Å². The molecule has 0 unspecified atom stereocenters. The number of likely N-dealkylation sites (N-methyl/N-ethyl adjacent to an activating group) is 2. The normalized spacial score (nSPS) is 19.8. The summed E-state index contributed by atoms with van der Waals surface area (Å²) < 4.78 is 15.4. The Hall–Kier alpha value is -3.58. The molecular weight excluding hydrogens is 579 g/mol. The van der Waals surface area contributed by atoms with Gasteiger partial charge in [0, 0.05) is 32.5 Å². The number of rotatable bonds is 13. The molecule has 45 heavy (non-hydrogen) atoms. The number of aliphatic hydroxyl groups is 1. The van der Waals surface area contributed by atoms with Crippen molar-refractivity contribution in [1.82, 2.24) is 31.5 Å². The predicted octanol–water partition coefficient (Wildman–Crippen LogP) is 1.06. The van der Waals surface area contributed by atoms with E-state index >= 15 is 4.39 Å². The molecule has 12 heteroatoms. The highest BCUT2D eigenvalue weighted by Crippen LogP contribution is 2.29. The molecule has 1 aliphatic rings. The summed E-state index contributed by atoms with van der Waals surface area (Å²) in [5.74, 6) is -1.87. The van der Waals surface area contributed by atoms with E-state index in [1.165, 1.54) is 18.0 Å². The van der Waals surface area contributed by atoms with Crippen LogP contribution >= 0.6 is 0 Å². The van der Waals surface area contributed by atoms with E-state index in [1.807, 2.05) is 7.05 Å². The Morgan fingerprint density at radius 2 is 1.67 bits per heavy atom. The highest BCUT2D eigenvalue weighted by Gasteiger charge is 2.35. The van der Waals surface area contributed by atoms with Crippen molar-refractivity contribution in [2.75, 3.05) is 47.9 Å². The molecule has 248 valence electrons. The average molecular weight is 629 g/mol. The van der Waals surface area contributed by atoms with Gasteiger partial charge < -0.3 is 41.7 Å². The average Bonchev–Trinajstić information content (AvgIpc) is 3.02. The van der Waals surface area contributed by atoms with Gasteiger partial charge in [0.1, 0.15) is 23.7 Å². The molecule has 0 spiro atoms. The molecule has 1 heterocycles. The maximum Gasteiger partial charge on any atom is 0.245 e. The van der Waals surface area contributed by atoms with E-state index in [4.69, 9.17) is 0 Å². The van der Waals surface area contributed by atoms with E-state index in [0.717, 1.165) is 13.0 Å². The molecule has 3 rings (SSSR count). The van der Waals surface area contributed by atoms with Crippen LogP contribution < -0.4 is 26.6 Å². The van der Waals surface area contributed by atoms with Crippen molar-refractivity contribution in [3.63, 3.8) is 0 Å². The number of phenols is 1. The summed E-state index contributed by atoms with van der Waals surface area (Å²) >= 11 is 0. The predicted molar refractivity (Wildman–Crippen MR) is 172 cm³/mol. The summed E-state index contributed by atoms with van der Waals surface area (Å²) in [7, 11) is 6.77. The molecule has 0 saturated heterocycles.